The lowest BCUT2D eigenvalue weighted by Gasteiger charge is -2.25. The summed E-state index contributed by atoms with van der Waals surface area (Å²) in [5, 5.41) is 5.78. The van der Waals surface area contributed by atoms with Gasteiger partial charge in [0.2, 0.25) is 0 Å². The van der Waals surface area contributed by atoms with Crippen LogP contribution in [0.4, 0.5) is 5.69 Å². The van der Waals surface area contributed by atoms with Crippen molar-refractivity contribution < 1.29 is 4.74 Å². The smallest absolute Gasteiger partial charge is 0.143 e. The average molecular weight is 354 g/mol. The van der Waals surface area contributed by atoms with Gasteiger partial charge in [-0.25, -0.2) is 0 Å². The normalized spacial score (nSPS) is 12.5. The van der Waals surface area contributed by atoms with Gasteiger partial charge in [0.25, 0.3) is 0 Å². The molecule has 1 aromatic carbocycles. The molecule has 1 N–H and O–H groups in total. The lowest BCUT2D eigenvalue weighted by molar-refractivity contribution is 0.414. The third kappa shape index (κ3) is 3.36. The van der Waals surface area contributed by atoms with Crippen LogP contribution in [0.25, 0.3) is 0 Å². The van der Waals surface area contributed by atoms with Crippen molar-refractivity contribution in [3.63, 3.8) is 0 Å². The molecule has 0 saturated heterocycles. The van der Waals surface area contributed by atoms with Gasteiger partial charge in [-0.3, -0.25) is 0 Å². The SMILES string of the molecule is COc1cc(Br)cc(C)c1NC(c1cccs1)C(C)C. The van der Waals surface area contributed by atoms with E-state index in [1.807, 2.05) is 6.07 Å². The van der Waals surface area contributed by atoms with Gasteiger partial charge in [-0.1, -0.05) is 35.8 Å². The van der Waals surface area contributed by atoms with E-state index in [0.29, 0.717) is 12.0 Å². The molecule has 1 unspecified atom stereocenters. The molecule has 0 amide bonds. The molecule has 0 aliphatic carbocycles. The molecule has 4 heteroatoms. The second-order valence-corrected chi connectivity index (χ2v) is 7.08. The maximum Gasteiger partial charge on any atom is 0.143 e. The first kappa shape index (κ1) is 15.4. The van der Waals surface area contributed by atoms with Gasteiger partial charge >= 0.3 is 0 Å². The van der Waals surface area contributed by atoms with E-state index < -0.39 is 0 Å². The summed E-state index contributed by atoms with van der Waals surface area (Å²) >= 11 is 5.30. The van der Waals surface area contributed by atoms with Crippen molar-refractivity contribution >= 4 is 33.0 Å². The number of rotatable bonds is 5. The van der Waals surface area contributed by atoms with Gasteiger partial charge in [0.05, 0.1) is 18.8 Å². The van der Waals surface area contributed by atoms with Gasteiger partial charge in [0.1, 0.15) is 5.75 Å². The highest BCUT2D eigenvalue weighted by Crippen LogP contribution is 2.37. The van der Waals surface area contributed by atoms with E-state index in [1.165, 1.54) is 10.4 Å². The number of anilines is 1. The second-order valence-electron chi connectivity index (χ2n) is 5.18. The standard InChI is InChI=1S/C16H20BrNOS/c1-10(2)15(14-6-5-7-20-14)18-16-11(3)8-12(17)9-13(16)19-4/h5-10,15,18H,1-4H3. The van der Waals surface area contributed by atoms with Crippen LogP contribution in [0.1, 0.15) is 30.3 Å². The van der Waals surface area contributed by atoms with Crippen LogP contribution in [0, 0.1) is 12.8 Å². The Kier molecular flexibility index (Phi) is 5.11. The monoisotopic (exact) mass is 353 g/mol. The molecule has 1 heterocycles. The number of methoxy groups -OCH3 is 1. The lowest BCUT2D eigenvalue weighted by atomic mass is 10.0. The summed E-state index contributed by atoms with van der Waals surface area (Å²) in [6.07, 6.45) is 0. The quantitative estimate of drug-likeness (QED) is 0.751. The Morgan fingerprint density at radius 3 is 2.60 bits per heavy atom. The molecule has 0 bridgehead atoms. The Hall–Kier alpha value is -1.00. The van der Waals surface area contributed by atoms with Crippen LogP contribution >= 0.6 is 27.3 Å². The molecule has 0 fully saturated rings. The highest BCUT2D eigenvalue weighted by Gasteiger charge is 2.19. The topological polar surface area (TPSA) is 21.3 Å². The number of halogens is 1. The molecule has 0 aliphatic rings. The minimum atomic E-state index is 0.295. The maximum absolute atomic E-state index is 5.52. The number of thiophene rings is 1. The van der Waals surface area contributed by atoms with Crippen LogP contribution in [-0.2, 0) is 0 Å². The fourth-order valence-electron chi connectivity index (χ4n) is 2.25. The van der Waals surface area contributed by atoms with Crippen LogP contribution in [0.15, 0.2) is 34.1 Å². The largest absolute Gasteiger partial charge is 0.495 e. The Balaban J connectivity index is 2.36. The summed E-state index contributed by atoms with van der Waals surface area (Å²) in [4.78, 5) is 1.35. The summed E-state index contributed by atoms with van der Waals surface area (Å²) in [7, 11) is 1.71. The van der Waals surface area contributed by atoms with Crippen molar-refractivity contribution in [2.45, 2.75) is 26.8 Å². The molecule has 2 nitrogen and oxygen atoms in total. The van der Waals surface area contributed by atoms with E-state index in [1.54, 1.807) is 18.4 Å². The summed E-state index contributed by atoms with van der Waals surface area (Å²) in [6, 6.07) is 8.69. The predicted molar refractivity (Wildman–Crippen MR) is 91.0 cm³/mol. The first-order valence-corrected chi connectivity index (χ1v) is 8.34. The Morgan fingerprint density at radius 2 is 2.05 bits per heavy atom. The van der Waals surface area contributed by atoms with Crippen LogP contribution in [0.3, 0.4) is 0 Å². The van der Waals surface area contributed by atoms with Gasteiger partial charge in [0.15, 0.2) is 0 Å². The van der Waals surface area contributed by atoms with Gasteiger partial charge in [-0.2, -0.15) is 0 Å². The number of hydrogen-bond donors (Lipinski definition) is 1. The van der Waals surface area contributed by atoms with E-state index in [0.717, 1.165) is 15.9 Å². The van der Waals surface area contributed by atoms with E-state index >= 15 is 0 Å². The van der Waals surface area contributed by atoms with Gasteiger partial charge in [0, 0.05) is 9.35 Å². The van der Waals surface area contributed by atoms with E-state index in [9.17, 15) is 0 Å². The van der Waals surface area contributed by atoms with Crippen molar-refractivity contribution in [2.75, 3.05) is 12.4 Å². The molecule has 1 aromatic heterocycles. The first-order valence-electron chi connectivity index (χ1n) is 6.67. The molecule has 108 valence electrons. The number of nitrogens with one attached hydrogen (secondary N) is 1. The Bertz CT molecular complexity index is 566. The summed E-state index contributed by atoms with van der Waals surface area (Å²) < 4.78 is 6.55. The van der Waals surface area contributed by atoms with Crippen molar-refractivity contribution in [2.24, 2.45) is 5.92 Å². The minimum Gasteiger partial charge on any atom is -0.495 e. The molecule has 2 rings (SSSR count). The molecule has 0 spiro atoms. The lowest BCUT2D eigenvalue weighted by Crippen LogP contribution is -2.16. The van der Waals surface area contributed by atoms with Gasteiger partial charge in [-0.05, 0) is 42.0 Å². The summed E-state index contributed by atoms with van der Waals surface area (Å²) in [6.45, 7) is 6.57. The van der Waals surface area contributed by atoms with E-state index in [-0.39, 0.29) is 0 Å². The van der Waals surface area contributed by atoms with E-state index in [2.05, 4.69) is 65.6 Å². The zero-order chi connectivity index (χ0) is 14.7. The number of ether oxygens (including phenoxy) is 1. The average Bonchev–Trinajstić information content (AvgIpc) is 2.90. The Morgan fingerprint density at radius 1 is 1.30 bits per heavy atom. The minimum absolute atomic E-state index is 0.295. The van der Waals surface area contributed by atoms with Crippen molar-refractivity contribution in [3.05, 3.63) is 44.6 Å². The summed E-state index contributed by atoms with van der Waals surface area (Å²) in [5.74, 6) is 1.38. The van der Waals surface area contributed by atoms with Gasteiger partial charge < -0.3 is 10.1 Å². The number of benzene rings is 1. The zero-order valence-corrected chi connectivity index (χ0v) is 14.6. The molecule has 0 aliphatic heterocycles. The Labute approximate surface area is 133 Å². The van der Waals surface area contributed by atoms with Crippen LogP contribution in [0.2, 0.25) is 0 Å². The molecule has 20 heavy (non-hydrogen) atoms. The highest BCUT2D eigenvalue weighted by molar-refractivity contribution is 9.10. The fraction of sp³-hybridized carbons (Fsp3) is 0.375. The molecular weight excluding hydrogens is 334 g/mol. The maximum atomic E-state index is 5.52. The molecular formula is C16H20BrNOS. The van der Waals surface area contributed by atoms with Crippen LogP contribution in [-0.4, -0.2) is 7.11 Å². The molecule has 0 radical (unpaired) electrons. The summed E-state index contributed by atoms with van der Waals surface area (Å²) in [5.41, 5.74) is 2.25. The highest BCUT2D eigenvalue weighted by atomic mass is 79.9. The van der Waals surface area contributed by atoms with Crippen molar-refractivity contribution in [1.82, 2.24) is 0 Å². The molecule has 1 atom stereocenters. The third-order valence-electron chi connectivity index (χ3n) is 3.30. The predicted octanol–water partition coefficient (Wildman–Crippen LogP) is 5.64. The van der Waals surface area contributed by atoms with Crippen LogP contribution < -0.4 is 10.1 Å². The van der Waals surface area contributed by atoms with Crippen molar-refractivity contribution in [3.8, 4) is 5.75 Å². The van der Waals surface area contributed by atoms with Crippen LogP contribution in [0.5, 0.6) is 5.75 Å². The zero-order valence-electron chi connectivity index (χ0n) is 12.2. The third-order valence-corrected chi connectivity index (χ3v) is 4.71. The fourth-order valence-corrected chi connectivity index (χ4v) is 3.75. The number of hydrogen-bond acceptors (Lipinski definition) is 3. The second kappa shape index (κ2) is 6.64. The molecule has 2 aromatic rings. The molecule has 0 saturated carbocycles. The van der Waals surface area contributed by atoms with E-state index in [4.69, 9.17) is 4.74 Å². The van der Waals surface area contributed by atoms with Gasteiger partial charge in [-0.15, -0.1) is 11.3 Å². The first-order chi connectivity index (χ1) is 9.52. The number of aryl methyl sites for hydroxylation is 1. The van der Waals surface area contributed by atoms with Crippen molar-refractivity contribution in [1.29, 1.82) is 0 Å².